The normalized spacial score (nSPS) is 22.3. The molecule has 2 fully saturated rings. The van der Waals surface area contributed by atoms with Crippen LogP contribution in [0.1, 0.15) is 55.1 Å². The molecule has 4 heterocycles. The van der Waals surface area contributed by atoms with Gasteiger partial charge in [0.1, 0.15) is 17.5 Å². The Morgan fingerprint density at radius 1 is 1.21 bits per heavy atom. The number of piperidine rings is 1. The van der Waals surface area contributed by atoms with Crippen molar-refractivity contribution in [3.63, 3.8) is 0 Å². The predicted molar refractivity (Wildman–Crippen MR) is 107 cm³/mol. The van der Waals surface area contributed by atoms with Crippen molar-refractivity contribution in [1.29, 1.82) is 0 Å². The van der Waals surface area contributed by atoms with Crippen LogP contribution >= 0.6 is 0 Å². The molecule has 0 aliphatic carbocycles. The lowest BCUT2D eigenvalue weighted by Crippen LogP contribution is -2.38. The van der Waals surface area contributed by atoms with E-state index in [1.54, 1.807) is 13.1 Å². The summed E-state index contributed by atoms with van der Waals surface area (Å²) in [5, 5.41) is 3.34. The van der Waals surface area contributed by atoms with Gasteiger partial charge in [-0.25, -0.2) is 15.0 Å². The Morgan fingerprint density at radius 3 is 2.86 bits per heavy atom. The topological polar surface area (TPSA) is 80.2 Å². The maximum Gasteiger partial charge on any atom is 0.219 e. The van der Waals surface area contributed by atoms with Crippen molar-refractivity contribution in [2.45, 2.75) is 44.9 Å². The van der Waals surface area contributed by atoms with Crippen LogP contribution in [0.4, 0.5) is 11.6 Å². The fourth-order valence-electron chi connectivity index (χ4n) is 3.92. The highest BCUT2D eigenvalue weighted by Gasteiger charge is 2.27. The van der Waals surface area contributed by atoms with Gasteiger partial charge in [-0.05, 0) is 43.9 Å². The van der Waals surface area contributed by atoms with Gasteiger partial charge >= 0.3 is 0 Å². The molecule has 0 aromatic carbocycles. The lowest BCUT2D eigenvalue weighted by atomic mass is 9.94. The van der Waals surface area contributed by atoms with E-state index in [1.165, 1.54) is 0 Å². The zero-order valence-corrected chi connectivity index (χ0v) is 16.5. The zero-order chi connectivity index (χ0) is 19.5. The van der Waals surface area contributed by atoms with E-state index in [1.807, 2.05) is 30.0 Å². The fraction of sp³-hybridized carbons (Fsp3) is 0.524. The van der Waals surface area contributed by atoms with Crippen LogP contribution in [0.25, 0.3) is 0 Å². The van der Waals surface area contributed by atoms with Crippen molar-refractivity contribution in [3.8, 4) is 0 Å². The molecule has 0 radical (unpaired) electrons. The number of aromatic nitrogens is 3. The lowest BCUT2D eigenvalue weighted by Gasteiger charge is -2.32. The molecule has 1 amide bonds. The van der Waals surface area contributed by atoms with Gasteiger partial charge in [0, 0.05) is 50.7 Å². The number of aryl methyl sites for hydroxylation is 1. The van der Waals surface area contributed by atoms with Gasteiger partial charge in [-0.3, -0.25) is 4.79 Å². The highest BCUT2D eigenvalue weighted by atomic mass is 16.5. The van der Waals surface area contributed by atoms with Crippen LogP contribution in [-0.2, 0) is 9.53 Å². The Bertz CT molecular complexity index is 850. The molecule has 7 heteroatoms. The van der Waals surface area contributed by atoms with Gasteiger partial charge in [0.2, 0.25) is 5.91 Å². The van der Waals surface area contributed by atoms with E-state index < -0.39 is 0 Å². The number of rotatable bonds is 4. The summed E-state index contributed by atoms with van der Waals surface area (Å²) in [4.78, 5) is 27.8. The third-order valence-corrected chi connectivity index (χ3v) is 5.51. The Labute approximate surface area is 165 Å². The third-order valence-electron chi connectivity index (χ3n) is 5.51. The van der Waals surface area contributed by atoms with Crippen molar-refractivity contribution < 1.29 is 9.53 Å². The van der Waals surface area contributed by atoms with Crippen molar-refractivity contribution in [1.82, 2.24) is 19.9 Å². The standard InChI is InChI=1S/C21H27N5O2/c1-14-5-7-22-19(10-14)24-20-11-18(16-4-3-8-26(12-16)15(2)27)23-21(25-20)17-6-9-28-13-17/h5,7,10-11,16-17H,3-4,6,8-9,12-13H2,1-2H3,(H,22,23,24,25). The highest BCUT2D eigenvalue weighted by Crippen LogP contribution is 2.30. The Balaban J connectivity index is 1.64. The molecule has 1 N–H and O–H groups in total. The average molecular weight is 381 g/mol. The Hall–Kier alpha value is -2.54. The number of nitrogens with one attached hydrogen (secondary N) is 1. The van der Waals surface area contributed by atoms with Gasteiger partial charge in [-0.1, -0.05) is 0 Å². The second kappa shape index (κ2) is 8.22. The summed E-state index contributed by atoms with van der Waals surface area (Å²) < 4.78 is 5.55. The minimum absolute atomic E-state index is 0.130. The summed E-state index contributed by atoms with van der Waals surface area (Å²) in [6, 6.07) is 5.98. The van der Waals surface area contributed by atoms with Gasteiger partial charge < -0.3 is 15.0 Å². The number of ether oxygens (including phenoxy) is 1. The summed E-state index contributed by atoms with van der Waals surface area (Å²) in [7, 11) is 0. The minimum atomic E-state index is 0.130. The number of carbonyl (C=O) groups excluding carboxylic acids is 1. The predicted octanol–water partition coefficient (Wildman–Crippen LogP) is 3.15. The quantitative estimate of drug-likeness (QED) is 0.876. The van der Waals surface area contributed by atoms with E-state index in [2.05, 4.69) is 10.3 Å². The second-order valence-electron chi connectivity index (χ2n) is 7.74. The largest absolute Gasteiger partial charge is 0.381 e. The maximum absolute atomic E-state index is 11.8. The van der Waals surface area contributed by atoms with Gasteiger partial charge in [0.05, 0.1) is 12.3 Å². The SMILES string of the molecule is CC(=O)N1CCCC(c2cc(Nc3cc(C)ccn3)nc(C3CCOC3)n2)C1. The summed E-state index contributed by atoms with van der Waals surface area (Å²) in [5.74, 6) is 2.93. The van der Waals surface area contributed by atoms with E-state index in [0.29, 0.717) is 6.61 Å². The van der Waals surface area contributed by atoms with Crippen molar-refractivity contribution in [2.75, 3.05) is 31.6 Å². The van der Waals surface area contributed by atoms with Crippen LogP contribution in [0, 0.1) is 6.92 Å². The second-order valence-corrected chi connectivity index (χ2v) is 7.74. The maximum atomic E-state index is 11.8. The molecule has 0 bridgehead atoms. The minimum Gasteiger partial charge on any atom is -0.381 e. The van der Waals surface area contributed by atoms with Crippen LogP contribution in [0.3, 0.4) is 0 Å². The number of pyridine rings is 1. The van der Waals surface area contributed by atoms with Gasteiger partial charge in [-0.15, -0.1) is 0 Å². The smallest absolute Gasteiger partial charge is 0.219 e. The number of likely N-dealkylation sites (tertiary alicyclic amines) is 1. The van der Waals surface area contributed by atoms with E-state index in [-0.39, 0.29) is 17.7 Å². The molecule has 2 saturated heterocycles. The number of amides is 1. The first-order chi connectivity index (χ1) is 13.6. The Kier molecular flexibility index (Phi) is 5.52. The first kappa shape index (κ1) is 18.8. The summed E-state index contributed by atoms with van der Waals surface area (Å²) in [6.07, 6.45) is 4.76. The van der Waals surface area contributed by atoms with Gasteiger partial charge in [0.15, 0.2) is 0 Å². The summed E-state index contributed by atoms with van der Waals surface area (Å²) >= 11 is 0. The highest BCUT2D eigenvalue weighted by molar-refractivity contribution is 5.73. The van der Waals surface area contributed by atoms with Crippen LogP contribution < -0.4 is 5.32 Å². The monoisotopic (exact) mass is 381 g/mol. The number of hydrogen-bond acceptors (Lipinski definition) is 6. The molecule has 2 aromatic rings. The molecule has 7 nitrogen and oxygen atoms in total. The molecule has 2 unspecified atom stereocenters. The van der Waals surface area contributed by atoms with E-state index in [4.69, 9.17) is 14.7 Å². The van der Waals surface area contributed by atoms with Crippen LogP contribution in [-0.4, -0.2) is 52.1 Å². The first-order valence-electron chi connectivity index (χ1n) is 10.0. The zero-order valence-electron chi connectivity index (χ0n) is 16.5. The van der Waals surface area contributed by atoms with E-state index >= 15 is 0 Å². The van der Waals surface area contributed by atoms with Crippen LogP contribution in [0.5, 0.6) is 0 Å². The van der Waals surface area contributed by atoms with Crippen molar-refractivity contribution >= 4 is 17.5 Å². The number of hydrogen-bond donors (Lipinski definition) is 1. The van der Waals surface area contributed by atoms with Crippen molar-refractivity contribution in [3.05, 3.63) is 41.5 Å². The molecule has 2 aromatic heterocycles. The third kappa shape index (κ3) is 4.30. The molecule has 2 aliphatic rings. The summed E-state index contributed by atoms with van der Waals surface area (Å²) in [5.41, 5.74) is 2.14. The number of anilines is 2. The van der Waals surface area contributed by atoms with Gasteiger partial charge in [-0.2, -0.15) is 0 Å². The number of nitrogens with zero attached hydrogens (tertiary/aromatic N) is 4. The lowest BCUT2D eigenvalue weighted by molar-refractivity contribution is -0.130. The average Bonchev–Trinajstić information content (AvgIpc) is 3.23. The summed E-state index contributed by atoms with van der Waals surface area (Å²) in [6.45, 7) is 6.64. The van der Waals surface area contributed by atoms with Gasteiger partial charge in [0.25, 0.3) is 0 Å². The van der Waals surface area contributed by atoms with Crippen molar-refractivity contribution in [2.24, 2.45) is 0 Å². The molecule has 2 atom stereocenters. The number of carbonyl (C=O) groups is 1. The van der Waals surface area contributed by atoms with E-state index in [0.717, 1.165) is 67.7 Å². The molecule has 2 aliphatic heterocycles. The molecule has 148 valence electrons. The molecular weight excluding hydrogens is 354 g/mol. The molecule has 28 heavy (non-hydrogen) atoms. The van der Waals surface area contributed by atoms with E-state index in [9.17, 15) is 4.79 Å². The molecular formula is C21H27N5O2. The first-order valence-corrected chi connectivity index (χ1v) is 10.0. The van der Waals surface area contributed by atoms with Crippen LogP contribution in [0.2, 0.25) is 0 Å². The fourth-order valence-corrected chi connectivity index (χ4v) is 3.92. The molecule has 0 spiro atoms. The Morgan fingerprint density at radius 2 is 2.11 bits per heavy atom. The molecule has 4 rings (SSSR count). The molecule has 0 saturated carbocycles. The van der Waals surface area contributed by atoms with Crippen LogP contribution in [0.15, 0.2) is 24.4 Å².